The molecule has 0 radical (unpaired) electrons. The fourth-order valence-electron chi connectivity index (χ4n) is 1.61. The van der Waals surface area contributed by atoms with E-state index < -0.39 is 11.8 Å². The summed E-state index contributed by atoms with van der Waals surface area (Å²) < 4.78 is 0. The summed E-state index contributed by atoms with van der Waals surface area (Å²) in [4.78, 5) is 23.6. The molecule has 2 amide bonds. The number of carbonyl (C=O) groups excluding carboxylic acids is 2. The number of hydrogen-bond donors (Lipinski definition) is 3. The van der Waals surface area contributed by atoms with Gasteiger partial charge in [0.1, 0.15) is 11.7 Å². The van der Waals surface area contributed by atoms with E-state index in [4.69, 9.17) is 12.2 Å². The third-order valence-electron chi connectivity index (χ3n) is 2.66. The maximum atomic E-state index is 11.8. The first-order valence-electron chi connectivity index (χ1n) is 6.40. The van der Waals surface area contributed by atoms with E-state index in [1.54, 1.807) is 42.5 Å². The van der Waals surface area contributed by atoms with Crippen LogP contribution in [-0.2, 0) is 14.8 Å². The Bertz CT molecular complexity index is 716. The Hall–Kier alpha value is -2.13. The fourth-order valence-corrected chi connectivity index (χ4v) is 1.75. The van der Waals surface area contributed by atoms with Crippen LogP contribution in [-0.4, -0.2) is 22.0 Å². The zero-order chi connectivity index (χ0) is 17.9. The van der Waals surface area contributed by atoms with Crippen molar-refractivity contribution in [3.05, 3.63) is 71.1 Å². The summed E-state index contributed by atoms with van der Waals surface area (Å²) >= 11 is 7.91. The van der Waals surface area contributed by atoms with E-state index in [0.29, 0.717) is 5.56 Å². The number of nitrogens with one attached hydrogen (secondary N) is 2. The Morgan fingerprint density at radius 1 is 1.04 bits per heavy atom. The number of para-hydroxylation sites is 1. The van der Waals surface area contributed by atoms with E-state index in [1.807, 2.05) is 0 Å². The number of phenols is 1. The molecule has 0 aliphatic carbocycles. The minimum atomic E-state index is -0.700. The third-order valence-corrected chi connectivity index (χ3v) is 2.85. The molecule has 127 valence electrons. The van der Waals surface area contributed by atoms with Crippen LogP contribution in [0.2, 0.25) is 0 Å². The van der Waals surface area contributed by atoms with E-state index in [0.717, 1.165) is 0 Å². The molecule has 0 saturated carbocycles. The summed E-state index contributed by atoms with van der Waals surface area (Å²) in [5.41, 5.74) is 6.23. The molecule has 24 heavy (non-hydrogen) atoms. The van der Waals surface area contributed by atoms with E-state index in [1.165, 1.54) is 12.1 Å². The van der Waals surface area contributed by atoms with E-state index in [2.05, 4.69) is 41.2 Å². The molecule has 0 unspecified atom stereocenters. The molecule has 2 aromatic rings. The van der Waals surface area contributed by atoms with Crippen LogP contribution in [0.4, 0.5) is 0 Å². The minimum absolute atomic E-state index is 0.0344. The van der Waals surface area contributed by atoms with Crippen LogP contribution in [0.25, 0.3) is 5.43 Å². The molecular formula is C15H12ClCoN3O3S. The molecule has 0 saturated heterocycles. The van der Waals surface area contributed by atoms with Crippen molar-refractivity contribution in [1.29, 1.82) is 0 Å². The Morgan fingerprint density at radius 3 is 2.25 bits per heavy atom. The molecule has 0 bridgehead atoms. The van der Waals surface area contributed by atoms with Crippen LogP contribution >= 0.6 is 22.4 Å². The predicted molar refractivity (Wildman–Crippen MR) is 91.3 cm³/mol. The van der Waals surface area contributed by atoms with Crippen LogP contribution in [0.1, 0.15) is 20.7 Å². The zero-order valence-corrected chi connectivity index (χ0v) is 14.6. The van der Waals surface area contributed by atoms with Gasteiger partial charge in [0.15, 0.2) is 5.11 Å². The monoisotopic (exact) mass is 408 g/mol. The SMILES string of the molecule is O=C(NC(=S)N[N-]C(=O)c1ccccc1O)c1ccccc1.[Cl][Co+]. The van der Waals surface area contributed by atoms with Crippen molar-refractivity contribution in [2.75, 3.05) is 0 Å². The molecule has 0 aromatic heterocycles. The molecule has 0 fully saturated rings. The number of thiocarbonyl (C=S) groups is 1. The van der Waals surface area contributed by atoms with Crippen LogP contribution in [0.15, 0.2) is 54.6 Å². The van der Waals surface area contributed by atoms with Crippen molar-refractivity contribution in [1.82, 2.24) is 10.7 Å². The second kappa shape index (κ2) is 10.6. The maximum absolute atomic E-state index is 11.8. The summed E-state index contributed by atoms with van der Waals surface area (Å²) in [6, 6.07) is 14.5. The van der Waals surface area contributed by atoms with Crippen molar-refractivity contribution in [3.63, 3.8) is 0 Å². The summed E-state index contributed by atoms with van der Waals surface area (Å²) in [5, 5.41) is 11.8. The predicted octanol–water partition coefficient (Wildman–Crippen LogP) is 2.81. The molecule has 0 atom stereocenters. The van der Waals surface area contributed by atoms with Crippen molar-refractivity contribution in [3.8, 4) is 5.75 Å². The number of phenolic OH excluding ortho intramolecular Hbond substituents is 1. The first-order valence-corrected chi connectivity index (χ1v) is 8.24. The molecular weight excluding hydrogens is 397 g/mol. The summed E-state index contributed by atoms with van der Waals surface area (Å²) in [6.07, 6.45) is 0. The normalized spacial score (nSPS) is 9.08. The Morgan fingerprint density at radius 2 is 1.62 bits per heavy atom. The summed E-state index contributed by atoms with van der Waals surface area (Å²) in [5.74, 6) is -1.30. The zero-order valence-electron chi connectivity index (χ0n) is 12.0. The van der Waals surface area contributed by atoms with Gasteiger partial charge < -0.3 is 20.8 Å². The Kier molecular flexibility index (Phi) is 8.80. The first kappa shape index (κ1) is 19.9. The van der Waals surface area contributed by atoms with Gasteiger partial charge in [0.05, 0.1) is 0 Å². The molecule has 9 heteroatoms. The van der Waals surface area contributed by atoms with Gasteiger partial charge in [-0.1, -0.05) is 30.3 Å². The fraction of sp³-hybridized carbons (Fsp3) is 0. The number of nitrogens with zero attached hydrogens (tertiary/aromatic N) is 1. The number of benzene rings is 2. The number of aromatic hydroxyl groups is 1. The van der Waals surface area contributed by atoms with Crippen LogP contribution in [0.3, 0.4) is 0 Å². The van der Waals surface area contributed by atoms with Gasteiger partial charge in [0.25, 0.3) is 5.91 Å². The van der Waals surface area contributed by atoms with Crippen molar-refractivity contribution in [2.24, 2.45) is 0 Å². The van der Waals surface area contributed by atoms with Gasteiger partial charge in [-0.2, -0.15) is 0 Å². The van der Waals surface area contributed by atoms with Crippen LogP contribution in [0.5, 0.6) is 5.75 Å². The molecule has 0 spiro atoms. The van der Waals surface area contributed by atoms with Crippen molar-refractivity contribution >= 4 is 39.3 Å². The molecule has 0 heterocycles. The summed E-state index contributed by atoms with van der Waals surface area (Å²) in [7, 11) is 4.33. The molecule has 3 N–H and O–H groups in total. The van der Waals surface area contributed by atoms with E-state index in [-0.39, 0.29) is 16.4 Å². The van der Waals surface area contributed by atoms with Gasteiger partial charge in [-0.3, -0.25) is 10.1 Å². The number of hydrogen-bond acceptors (Lipinski definition) is 4. The number of rotatable bonds is 2. The second-order valence-corrected chi connectivity index (χ2v) is 4.60. The topological polar surface area (TPSA) is 92.5 Å². The Balaban J connectivity index is 0.00000139. The molecule has 6 nitrogen and oxygen atoms in total. The molecule has 2 aromatic carbocycles. The standard InChI is InChI=1S/C15H13N3O3S.ClH.Co/c19-12-9-5-4-8-11(12)14(21)17-18-15(22)16-13(20)10-6-2-1-3-7-10;;/h1-9H,(H4,16,17,18,19,20,21,22);1H;/q;;+2/p-2. The van der Waals surface area contributed by atoms with Crippen LogP contribution < -0.4 is 10.7 Å². The van der Waals surface area contributed by atoms with Gasteiger partial charge in [-0.05, 0) is 36.5 Å². The first-order chi connectivity index (χ1) is 11.6. The van der Waals surface area contributed by atoms with Gasteiger partial charge in [-0.15, -0.1) is 0 Å². The van der Waals surface area contributed by atoms with E-state index >= 15 is 0 Å². The number of carbonyl (C=O) groups is 2. The molecule has 2 rings (SSSR count). The number of halogens is 1. The van der Waals surface area contributed by atoms with Crippen molar-refractivity contribution in [2.45, 2.75) is 0 Å². The van der Waals surface area contributed by atoms with Crippen molar-refractivity contribution < 1.29 is 29.5 Å². The van der Waals surface area contributed by atoms with Crippen LogP contribution in [0, 0.1) is 0 Å². The molecule has 0 aliphatic heterocycles. The van der Waals surface area contributed by atoms with Gasteiger partial charge in [0, 0.05) is 11.1 Å². The van der Waals surface area contributed by atoms with Gasteiger partial charge in [-0.25, -0.2) is 0 Å². The summed E-state index contributed by atoms with van der Waals surface area (Å²) in [6.45, 7) is 0. The average molecular weight is 409 g/mol. The second-order valence-electron chi connectivity index (χ2n) is 4.20. The molecule has 0 aliphatic rings. The third kappa shape index (κ3) is 6.17. The Labute approximate surface area is 156 Å². The van der Waals surface area contributed by atoms with Gasteiger partial charge in [0.2, 0.25) is 0 Å². The quantitative estimate of drug-likeness (QED) is 0.525. The average Bonchev–Trinajstić information content (AvgIpc) is 2.62. The number of amides is 2. The van der Waals surface area contributed by atoms with Gasteiger partial charge >= 0.3 is 25.0 Å². The van der Waals surface area contributed by atoms with E-state index in [9.17, 15) is 14.7 Å².